The predicted molar refractivity (Wildman–Crippen MR) is 371 cm³/mol. The Labute approximate surface area is 520 Å². The van der Waals surface area contributed by atoms with Gasteiger partial charge in [0.05, 0.1) is 5.41 Å². The van der Waals surface area contributed by atoms with Gasteiger partial charge < -0.3 is 9.32 Å². The van der Waals surface area contributed by atoms with E-state index in [1.807, 2.05) is 6.07 Å². The van der Waals surface area contributed by atoms with E-state index in [2.05, 4.69) is 351 Å². The van der Waals surface area contributed by atoms with Crippen LogP contribution in [0.25, 0.3) is 88.7 Å². The monoisotopic (exact) mass is 1140 g/mol. The maximum absolute atomic E-state index is 6.58. The van der Waals surface area contributed by atoms with Gasteiger partial charge in [0, 0.05) is 39.3 Å². The molecule has 1 aliphatic carbocycles. The zero-order valence-corrected chi connectivity index (χ0v) is 49.1. The van der Waals surface area contributed by atoms with E-state index in [4.69, 9.17) is 4.42 Å². The van der Waals surface area contributed by atoms with E-state index in [1.54, 1.807) is 0 Å². The molecule has 0 N–H and O–H groups in total. The fraction of sp³-hybridized carbons (Fsp3) is 0.0345. The van der Waals surface area contributed by atoms with E-state index < -0.39 is 5.41 Å². The third-order valence-electron chi connectivity index (χ3n) is 18.4. The molecule has 1 atom stereocenters. The van der Waals surface area contributed by atoms with E-state index in [9.17, 15) is 0 Å². The third kappa shape index (κ3) is 9.63. The number of fused-ring (bicyclic) bond motifs is 8. The zero-order chi connectivity index (χ0) is 59.1. The Kier molecular flexibility index (Phi) is 13.6. The maximum atomic E-state index is 6.58. The molecule has 0 amide bonds. The van der Waals surface area contributed by atoms with Gasteiger partial charge >= 0.3 is 0 Å². The first-order chi connectivity index (χ1) is 44.1. The van der Waals surface area contributed by atoms with E-state index in [-0.39, 0.29) is 5.92 Å². The highest BCUT2D eigenvalue weighted by Gasteiger charge is 2.44. The number of hydrogen-bond donors (Lipinski definition) is 0. The molecule has 1 heterocycles. The van der Waals surface area contributed by atoms with Crippen molar-refractivity contribution in [1.82, 2.24) is 0 Å². The lowest BCUT2D eigenvalue weighted by atomic mass is 9.63. The van der Waals surface area contributed by atoms with Crippen molar-refractivity contribution in [2.24, 2.45) is 0 Å². The summed E-state index contributed by atoms with van der Waals surface area (Å²) in [6.45, 7) is 0. The molecule has 1 aromatic heterocycles. The van der Waals surface area contributed by atoms with Crippen LogP contribution in [0.3, 0.4) is 0 Å². The van der Waals surface area contributed by atoms with Crippen molar-refractivity contribution >= 4 is 39.0 Å². The van der Waals surface area contributed by atoms with Gasteiger partial charge in [-0.05, 0) is 149 Å². The first kappa shape index (κ1) is 53.2. The summed E-state index contributed by atoms with van der Waals surface area (Å²) >= 11 is 0. The lowest BCUT2D eigenvalue weighted by molar-refractivity contribution is 0.670. The summed E-state index contributed by atoms with van der Waals surface area (Å²) in [6, 6.07) is 130. The number of rotatable bonds is 13. The van der Waals surface area contributed by atoms with Gasteiger partial charge in [0.2, 0.25) is 0 Å². The molecule has 420 valence electrons. The van der Waals surface area contributed by atoms with E-state index in [1.165, 1.54) is 94.6 Å². The normalized spacial score (nSPS) is 12.6. The topological polar surface area (TPSA) is 16.4 Å². The molecule has 0 saturated heterocycles. The Hall–Kier alpha value is -11.3. The molecule has 2 nitrogen and oxygen atoms in total. The fourth-order valence-electron chi connectivity index (χ4n) is 14.1. The Morgan fingerprint density at radius 2 is 0.697 bits per heavy atom. The number of para-hydroxylation sites is 2. The summed E-state index contributed by atoms with van der Waals surface area (Å²) in [6.07, 6.45) is 0.839. The van der Waals surface area contributed by atoms with Crippen molar-refractivity contribution in [2.45, 2.75) is 17.8 Å². The average molecular weight is 1140 g/mol. The summed E-state index contributed by atoms with van der Waals surface area (Å²) in [5.41, 5.74) is 27.1. The Balaban J connectivity index is 0.867. The summed E-state index contributed by atoms with van der Waals surface area (Å²) in [7, 11) is 0. The van der Waals surface area contributed by atoms with Crippen LogP contribution >= 0.6 is 0 Å². The van der Waals surface area contributed by atoms with E-state index in [0.29, 0.717) is 0 Å². The molecule has 89 heavy (non-hydrogen) atoms. The number of anilines is 3. The summed E-state index contributed by atoms with van der Waals surface area (Å²) < 4.78 is 6.58. The minimum absolute atomic E-state index is 0.0774. The molecule has 0 saturated carbocycles. The molecule has 0 radical (unpaired) electrons. The summed E-state index contributed by atoms with van der Waals surface area (Å²) in [4.78, 5) is 2.42. The second-order valence-corrected chi connectivity index (χ2v) is 23.4. The molecule has 1 unspecified atom stereocenters. The van der Waals surface area contributed by atoms with E-state index in [0.717, 1.165) is 56.5 Å². The number of hydrogen-bond acceptors (Lipinski definition) is 2. The van der Waals surface area contributed by atoms with Crippen LogP contribution in [-0.2, 0) is 11.8 Å². The summed E-state index contributed by atoms with van der Waals surface area (Å²) in [5, 5.41) is 2.24. The number of furan rings is 1. The van der Waals surface area contributed by atoms with Crippen molar-refractivity contribution < 1.29 is 4.42 Å². The molecular formula is C87H61NO. The fourth-order valence-corrected chi connectivity index (χ4v) is 14.1. The first-order valence-corrected chi connectivity index (χ1v) is 30.9. The minimum atomic E-state index is -0.793. The van der Waals surface area contributed by atoms with Gasteiger partial charge in [-0.1, -0.05) is 309 Å². The Morgan fingerprint density at radius 3 is 1.26 bits per heavy atom. The first-order valence-electron chi connectivity index (χ1n) is 30.9. The van der Waals surface area contributed by atoms with Crippen molar-refractivity contribution in [1.29, 1.82) is 0 Å². The van der Waals surface area contributed by atoms with Crippen molar-refractivity contribution in [3.8, 4) is 66.8 Å². The molecule has 0 fully saturated rings. The Morgan fingerprint density at radius 1 is 0.281 bits per heavy atom. The molecule has 15 aromatic rings. The molecule has 2 heteroatoms. The lowest BCUT2D eigenvalue weighted by Gasteiger charge is -2.39. The van der Waals surface area contributed by atoms with Gasteiger partial charge in [0.15, 0.2) is 0 Å². The second kappa shape index (κ2) is 22.8. The third-order valence-corrected chi connectivity index (χ3v) is 18.4. The van der Waals surface area contributed by atoms with Crippen LogP contribution in [0.5, 0.6) is 0 Å². The average Bonchev–Trinajstić information content (AvgIpc) is 1.68. The van der Waals surface area contributed by atoms with Crippen molar-refractivity contribution in [2.75, 3.05) is 4.90 Å². The van der Waals surface area contributed by atoms with Crippen LogP contribution < -0.4 is 4.90 Å². The zero-order valence-electron chi connectivity index (χ0n) is 49.1. The minimum Gasteiger partial charge on any atom is -0.455 e. The molecule has 0 aliphatic heterocycles. The van der Waals surface area contributed by atoms with Gasteiger partial charge in [-0.2, -0.15) is 0 Å². The van der Waals surface area contributed by atoms with Crippen molar-refractivity contribution in [3.63, 3.8) is 0 Å². The van der Waals surface area contributed by atoms with Crippen molar-refractivity contribution in [3.05, 3.63) is 391 Å². The molecule has 16 rings (SSSR count). The van der Waals surface area contributed by atoms with Gasteiger partial charge in [-0.3, -0.25) is 0 Å². The smallest absolute Gasteiger partial charge is 0.143 e. The van der Waals surface area contributed by atoms with Crippen LogP contribution in [0, 0.1) is 0 Å². The second-order valence-electron chi connectivity index (χ2n) is 23.4. The van der Waals surface area contributed by atoms with Crippen LogP contribution in [0.2, 0.25) is 0 Å². The molecular weight excluding hydrogens is 1070 g/mol. The highest BCUT2D eigenvalue weighted by atomic mass is 16.3. The van der Waals surface area contributed by atoms with Crippen LogP contribution in [0.4, 0.5) is 17.1 Å². The maximum Gasteiger partial charge on any atom is 0.143 e. The predicted octanol–water partition coefficient (Wildman–Crippen LogP) is 23.1. The van der Waals surface area contributed by atoms with E-state index >= 15 is 0 Å². The molecule has 0 spiro atoms. The standard InChI is InChI=1S/C87H61NO/c1-4-20-61(21-5-1)64-40-38-60(39-41-64)58-82(68-44-42-65(43-45-68)62-22-6-2-7-23-62)69-46-52-70(53-47-69)87(83-35-15-12-30-78(83)76-28-10-11-29-77(76)79-31-13-16-36-84(79)87)71-26-18-27-74(59-71)88(72-54-48-66(49-55-72)63-24-8-3-9-25-63)73-56-50-67(51-57-73)75-33-19-34-81-80-32-14-17-37-85(80)89-86(75)81/h1-57,59,82H,58H2. The van der Waals surface area contributed by atoms with Crippen LogP contribution in [0.15, 0.2) is 356 Å². The highest BCUT2D eigenvalue weighted by molar-refractivity contribution is 6.09. The number of benzene rings is 14. The van der Waals surface area contributed by atoms with Gasteiger partial charge in [-0.15, -0.1) is 0 Å². The largest absolute Gasteiger partial charge is 0.455 e. The molecule has 1 aliphatic rings. The quantitative estimate of drug-likeness (QED) is 0.114. The molecule has 0 bridgehead atoms. The summed E-state index contributed by atoms with van der Waals surface area (Å²) in [5.74, 6) is 0.0774. The van der Waals surface area contributed by atoms with Gasteiger partial charge in [0.1, 0.15) is 11.2 Å². The number of nitrogens with zero attached hydrogens (tertiary/aromatic N) is 1. The van der Waals surface area contributed by atoms with Gasteiger partial charge in [-0.25, -0.2) is 0 Å². The highest BCUT2D eigenvalue weighted by Crippen LogP contribution is 2.56. The van der Waals surface area contributed by atoms with Crippen LogP contribution in [0.1, 0.15) is 44.9 Å². The molecule has 14 aromatic carbocycles. The van der Waals surface area contributed by atoms with Gasteiger partial charge in [0.25, 0.3) is 0 Å². The van der Waals surface area contributed by atoms with Crippen LogP contribution in [-0.4, -0.2) is 0 Å². The Bertz CT molecular complexity index is 4920. The SMILES string of the molecule is c1ccc(-c2ccc(CC(c3ccc(-c4ccccc4)cc3)c3ccc(C4(c5cccc(N(c6ccc(-c7ccccc7)cc6)c6ccc(-c7cccc8c7oc7ccccc78)cc6)c5)c5ccccc5-c5ccccc5-c5ccccc54)cc3)cc2)cc1. The lowest BCUT2D eigenvalue weighted by Crippen LogP contribution is -2.32.